The Morgan fingerprint density at radius 3 is 2.40 bits per heavy atom. The van der Waals surface area contributed by atoms with E-state index in [1.807, 2.05) is 26.0 Å². The molecule has 1 aromatic heterocycles. The zero-order valence-corrected chi connectivity index (χ0v) is 18.4. The minimum atomic E-state index is -0.918. The molecule has 3 aliphatic rings. The molecule has 4 atom stereocenters. The van der Waals surface area contributed by atoms with Crippen LogP contribution in [0.25, 0.3) is 0 Å². The number of amides is 2. The van der Waals surface area contributed by atoms with Crippen LogP contribution in [-0.2, 0) is 16.0 Å². The maximum absolute atomic E-state index is 13.2. The van der Waals surface area contributed by atoms with Gasteiger partial charge in [0.2, 0.25) is 5.91 Å². The number of aliphatic carboxylic acids is 1. The Bertz CT molecular complexity index is 884. The molecule has 0 aliphatic heterocycles. The molecule has 1 heterocycles. The van der Waals surface area contributed by atoms with Crippen LogP contribution < -0.4 is 10.6 Å². The molecule has 2 bridgehead atoms. The number of carbonyl (C=O) groups excluding carboxylic acids is 2. The molecule has 0 aromatic carbocycles. The van der Waals surface area contributed by atoms with Gasteiger partial charge in [0, 0.05) is 10.9 Å². The number of hydrogen-bond acceptors (Lipinski definition) is 4. The van der Waals surface area contributed by atoms with Gasteiger partial charge in [-0.25, -0.2) is 0 Å². The zero-order valence-electron chi connectivity index (χ0n) is 17.6. The second-order valence-electron chi connectivity index (χ2n) is 8.83. The lowest BCUT2D eigenvalue weighted by Crippen LogP contribution is -2.38. The monoisotopic (exact) mass is 430 g/mol. The highest BCUT2D eigenvalue weighted by molar-refractivity contribution is 7.16. The summed E-state index contributed by atoms with van der Waals surface area (Å²) in [6.07, 6.45) is 10.8. The van der Waals surface area contributed by atoms with E-state index in [1.165, 1.54) is 17.8 Å². The van der Waals surface area contributed by atoms with Crippen LogP contribution >= 0.6 is 11.3 Å². The van der Waals surface area contributed by atoms with Crippen LogP contribution in [0.4, 0.5) is 5.00 Å². The summed E-state index contributed by atoms with van der Waals surface area (Å²) in [4.78, 5) is 39.1. The standard InChI is InChI=1S/C23H30N2O4S/c1-3-16-12(2)30-22(19(16)21(27)24-15-7-5-4-6-8-15)25-20(26)17-13-9-10-14(11-13)18(17)23(28)29/h9-10,13-15,17-18H,3-8,11H2,1-2H3,(H,24,27)(H,25,26)(H,28,29)/t13-,14-,17-,18-/m0/s1. The fourth-order valence-electron chi connectivity index (χ4n) is 5.55. The van der Waals surface area contributed by atoms with E-state index in [0.29, 0.717) is 23.4 Å². The van der Waals surface area contributed by atoms with Crippen molar-refractivity contribution in [2.45, 2.75) is 64.8 Å². The fourth-order valence-corrected chi connectivity index (χ4v) is 6.69. The van der Waals surface area contributed by atoms with Crippen LogP contribution in [-0.4, -0.2) is 28.9 Å². The molecule has 3 N–H and O–H groups in total. The molecule has 0 unspecified atom stereocenters. The van der Waals surface area contributed by atoms with Gasteiger partial charge in [-0.05, 0) is 50.0 Å². The van der Waals surface area contributed by atoms with Crippen molar-refractivity contribution in [3.8, 4) is 0 Å². The Kier molecular flexibility index (Phi) is 6.00. The van der Waals surface area contributed by atoms with Gasteiger partial charge in [-0.1, -0.05) is 38.3 Å². The Morgan fingerprint density at radius 2 is 1.77 bits per heavy atom. The van der Waals surface area contributed by atoms with Crippen molar-refractivity contribution in [2.75, 3.05) is 5.32 Å². The number of carboxylic acids is 1. The highest BCUT2D eigenvalue weighted by atomic mass is 32.1. The SMILES string of the molecule is CCc1c(C)sc(NC(=O)[C@@H]2[C@@H](C(=O)O)[C@H]3C=C[C@H]2C3)c1C(=O)NC1CCCCC1. The molecule has 2 amide bonds. The van der Waals surface area contributed by atoms with Gasteiger partial charge in [-0.3, -0.25) is 14.4 Å². The van der Waals surface area contributed by atoms with E-state index < -0.39 is 17.8 Å². The average molecular weight is 431 g/mol. The van der Waals surface area contributed by atoms with Crippen molar-refractivity contribution >= 4 is 34.1 Å². The van der Waals surface area contributed by atoms with Gasteiger partial charge in [-0.2, -0.15) is 0 Å². The number of allylic oxidation sites excluding steroid dienone is 2. The van der Waals surface area contributed by atoms with Crippen molar-refractivity contribution < 1.29 is 19.5 Å². The van der Waals surface area contributed by atoms with Crippen molar-refractivity contribution in [2.24, 2.45) is 23.7 Å². The van der Waals surface area contributed by atoms with Crippen LogP contribution in [0.1, 0.15) is 66.2 Å². The molecule has 0 spiro atoms. The number of hydrogen-bond donors (Lipinski definition) is 3. The summed E-state index contributed by atoms with van der Waals surface area (Å²) in [6.45, 7) is 3.98. The van der Waals surface area contributed by atoms with Crippen molar-refractivity contribution in [1.29, 1.82) is 0 Å². The maximum Gasteiger partial charge on any atom is 0.307 e. The predicted octanol–water partition coefficient (Wildman–Crippen LogP) is 4.14. The molecule has 4 rings (SSSR count). The number of carbonyl (C=O) groups is 3. The molecule has 30 heavy (non-hydrogen) atoms. The van der Waals surface area contributed by atoms with Crippen molar-refractivity contribution in [1.82, 2.24) is 5.32 Å². The summed E-state index contributed by atoms with van der Waals surface area (Å²) in [5, 5.41) is 16.3. The zero-order chi connectivity index (χ0) is 21.4. The summed E-state index contributed by atoms with van der Waals surface area (Å²) in [7, 11) is 0. The first-order valence-corrected chi connectivity index (χ1v) is 11.9. The largest absolute Gasteiger partial charge is 0.481 e. The molecular formula is C23H30N2O4S. The third kappa shape index (κ3) is 3.80. The highest BCUT2D eigenvalue weighted by Gasteiger charge is 2.51. The van der Waals surface area contributed by atoms with Crippen LogP contribution in [0.3, 0.4) is 0 Å². The highest BCUT2D eigenvalue weighted by Crippen LogP contribution is 2.49. The van der Waals surface area contributed by atoms with Gasteiger partial charge < -0.3 is 15.7 Å². The minimum Gasteiger partial charge on any atom is -0.481 e. The van der Waals surface area contributed by atoms with Crippen LogP contribution in [0.2, 0.25) is 0 Å². The molecule has 1 aromatic rings. The summed E-state index contributed by atoms with van der Waals surface area (Å²) in [5.41, 5.74) is 1.52. The lowest BCUT2D eigenvalue weighted by molar-refractivity contribution is -0.146. The molecular weight excluding hydrogens is 400 g/mol. The fraction of sp³-hybridized carbons (Fsp3) is 0.609. The van der Waals surface area contributed by atoms with Gasteiger partial charge in [0.15, 0.2) is 0 Å². The van der Waals surface area contributed by atoms with Crippen LogP contribution in [0.5, 0.6) is 0 Å². The summed E-state index contributed by atoms with van der Waals surface area (Å²) in [6, 6.07) is 0.187. The van der Waals surface area contributed by atoms with Crippen LogP contribution in [0, 0.1) is 30.6 Å². The van der Waals surface area contributed by atoms with E-state index in [0.717, 1.165) is 36.1 Å². The van der Waals surface area contributed by atoms with E-state index in [4.69, 9.17) is 0 Å². The molecule has 6 nitrogen and oxygen atoms in total. The lowest BCUT2D eigenvalue weighted by Gasteiger charge is -2.24. The van der Waals surface area contributed by atoms with E-state index >= 15 is 0 Å². The van der Waals surface area contributed by atoms with E-state index in [-0.39, 0.29) is 29.7 Å². The third-order valence-corrected chi connectivity index (χ3v) is 8.08. The molecule has 2 saturated carbocycles. The lowest BCUT2D eigenvalue weighted by atomic mass is 9.82. The number of fused-ring (bicyclic) bond motifs is 2. The summed E-state index contributed by atoms with van der Waals surface area (Å²) in [5.74, 6) is -2.71. The molecule has 0 radical (unpaired) electrons. The first kappa shape index (κ1) is 21.1. The first-order chi connectivity index (χ1) is 14.4. The number of aryl methyl sites for hydroxylation is 1. The predicted molar refractivity (Wildman–Crippen MR) is 117 cm³/mol. The Balaban J connectivity index is 1.56. The summed E-state index contributed by atoms with van der Waals surface area (Å²) < 4.78 is 0. The van der Waals surface area contributed by atoms with Gasteiger partial charge in [0.05, 0.1) is 17.4 Å². The van der Waals surface area contributed by atoms with E-state index in [9.17, 15) is 19.5 Å². The Morgan fingerprint density at radius 1 is 1.10 bits per heavy atom. The van der Waals surface area contributed by atoms with Crippen LogP contribution in [0.15, 0.2) is 12.2 Å². The maximum atomic E-state index is 13.2. The van der Waals surface area contributed by atoms with Crippen molar-refractivity contribution in [3.05, 3.63) is 28.2 Å². The first-order valence-electron chi connectivity index (χ1n) is 11.1. The molecule has 3 aliphatic carbocycles. The normalized spacial score (nSPS) is 27.9. The number of rotatable bonds is 6. The quantitative estimate of drug-likeness (QED) is 0.591. The topological polar surface area (TPSA) is 95.5 Å². The molecule has 0 saturated heterocycles. The second kappa shape index (κ2) is 8.53. The van der Waals surface area contributed by atoms with Gasteiger partial charge in [-0.15, -0.1) is 11.3 Å². The Hall–Kier alpha value is -2.15. The molecule has 162 valence electrons. The number of anilines is 1. The smallest absolute Gasteiger partial charge is 0.307 e. The van der Waals surface area contributed by atoms with Gasteiger partial charge in [0.25, 0.3) is 5.91 Å². The number of thiophene rings is 1. The van der Waals surface area contributed by atoms with E-state index in [1.54, 1.807) is 0 Å². The third-order valence-electron chi connectivity index (χ3n) is 7.01. The summed E-state index contributed by atoms with van der Waals surface area (Å²) >= 11 is 1.41. The van der Waals surface area contributed by atoms with E-state index in [2.05, 4.69) is 10.6 Å². The molecule has 2 fully saturated rings. The molecule has 7 heteroatoms. The Labute approximate surface area is 181 Å². The second-order valence-corrected chi connectivity index (χ2v) is 10.1. The number of nitrogens with one attached hydrogen (secondary N) is 2. The van der Waals surface area contributed by atoms with Crippen molar-refractivity contribution in [3.63, 3.8) is 0 Å². The van der Waals surface area contributed by atoms with Gasteiger partial charge in [0.1, 0.15) is 5.00 Å². The average Bonchev–Trinajstić information content (AvgIpc) is 3.41. The minimum absolute atomic E-state index is 0.0395. The number of carboxylic acid groups (broad SMARTS) is 1. The van der Waals surface area contributed by atoms with Gasteiger partial charge >= 0.3 is 5.97 Å².